The summed E-state index contributed by atoms with van der Waals surface area (Å²) in [5.41, 5.74) is -0.216. The first-order valence-corrected chi connectivity index (χ1v) is 8.73. The lowest BCUT2D eigenvalue weighted by Gasteiger charge is -2.22. The third-order valence-corrected chi connectivity index (χ3v) is 5.49. The Balaban J connectivity index is 2.56. The van der Waals surface area contributed by atoms with Crippen LogP contribution in [-0.4, -0.2) is 41.7 Å². The molecule has 0 aliphatic rings. The molecule has 2 aromatic rings. The summed E-state index contributed by atoms with van der Waals surface area (Å²) < 4.78 is 42.2. The van der Waals surface area contributed by atoms with Gasteiger partial charge in [-0.2, -0.15) is 0 Å². The highest BCUT2D eigenvalue weighted by Gasteiger charge is 2.26. The Morgan fingerprint density at radius 2 is 1.50 bits per heavy atom. The van der Waals surface area contributed by atoms with E-state index in [0.717, 1.165) is 10.4 Å². The smallest absolute Gasteiger partial charge is 0.271 e. The molecule has 0 unspecified atom stereocenters. The zero-order chi connectivity index (χ0) is 19.5. The van der Waals surface area contributed by atoms with Crippen LogP contribution < -0.4 is 18.5 Å². The van der Waals surface area contributed by atoms with Crippen LogP contribution in [-0.2, 0) is 10.0 Å². The lowest BCUT2D eigenvalue weighted by Crippen LogP contribution is -2.27. The summed E-state index contributed by atoms with van der Waals surface area (Å²) in [5, 5.41) is 11.0. The van der Waals surface area contributed by atoms with Gasteiger partial charge in [0.15, 0.2) is 11.5 Å². The number of non-ortho nitro benzene ring substituents is 1. The van der Waals surface area contributed by atoms with Crippen molar-refractivity contribution in [1.29, 1.82) is 0 Å². The van der Waals surface area contributed by atoms with Crippen LogP contribution in [0, 0.1) is 10.1 Å². The van der Waals surface area contributed by atoms with Crippen LogP contribution in [0.2, 0.25) is 0 Å². The SMILES string of the molecule is COc1ccc(S(=O)(=O)N(C)c2cc([N+](=O)[O-])ccc2OC)cc1OC. The fraction of sp³-hybridized carbons (Fsp3) is 0.250. The molecular weight excluding hydrogens is 364 g/mol. The summed E-state index contributed by atoms with van der Waals surface area (Å²) >= 11 is 0. The second kappa shape index (κ2) is 7.48. The van der Waals surface area contributed by atoms with Crippen molar-refractivity contribution in [3.8, 4) is 17.2 Å². The largest absolute Gasteiger partial charge is 0.495 e. The monoisotopic (exact) mass is 382 g/mol. The van der Waals surface area contributed by atoms with Gasteiger partial charge in [-0.25, -0.2) is 8.42 Å². The van der Waals surface area contributed by atoms with Gasteiger partial charge in [0.2, 0.25) is 0 Å². The first-order valence-electron chi connectivity index (χ1n) is 7.29. The first kappa shape index (κ1) is 19.3. The Morgan fingerprint density at radius 1 is 0.923 bits per heavy atom. The van der Waals surface area contributed by atoms with Crippen LogP contribution in [0.3, 0.4) is 0 Å². The van der Waals surface area contributed by atoms with Crippen molar-refractivity contribution in [2.24, 2.45) is 0 Å². The zero-order valence-electron chi connectivity index (χ0n) is 14.6. The van der Waals surface area contributed by atoms with E-state index < -0.39 is 14.9 Å². The van der Waals surface area contributed by atoms with Gasteiger partial charge in [-0.3, -0.25) is 14.4 Å². The normalized spacial score (nSPS) is 10.9. The molecule has 0 atom stereocenters. The standard InChI is InChI=1S/C16H18N2O7S/c1-17(13-9-11(18(19)20)5-7-14(13)23-2)26(21,22)12-6-8-15(24-3)16(10-12)25-4/h5-10H,1-4H3. The third-order valence-electron chi connectivity index (χ3n) is 3.73. The molecule has 2 rings (SSSR count). The molecule has 0 bridgehead atoms. The minimum absolute atomic E-state index is 0.0384. The molecule has 0 spiro atoms. The summed E-state index contributed by atoms with van der Waals surface area (Å²) in [6, 6.07) is 7.85. The molecule has 140 valence electrons. The number of nitrogens with zero attached hydrogens (tertiary/aromatic N) is 2. The van der Waals surface area contributed by atoms with E-state index in [2.05, 4.69) is 0 Å². The lowest BCUT2D eigenvalue weighted by molar-refractivity contribution is -0.384. The van der Waals surface area contributed by atoms with E-state index in [-0.39, 0.29) is 27.8 Å². The third kappa shape index (κ3) is 3.49. The number of hydrogen-bond acceptors (Lipinski definition) is 7. The second-order valence-electron chi connectivity index (χ2n) is 5.10. The van der Waals surface area contributed by atoms with Gasteiger partial charge in [-0.15, -0.1) is 0 Å². The molecule has 0 aliphatic carbocycles. The van der Waals surface area contributed by atoms with Gasteiger partial charge in [0.1, 0.15) is 11.4 Å². The van der Waals surface area contributed by atoms with Gasteiger partial charge in [0, 0.05) is 25.2 Å². The summed E-state index contributed by atoms with van der Waals surface area (Å²) in [7, 11) is 1.43. The van der Waals surface area contributed by atoms with Crippen molar-refractivity contribution < 1.29 is 27.6 Å². The second-order valence-corrected chi connectivity index (χ2v) is 7.07. The molecule has 2 aromatic carbocycles. The Hall–Kier alpha value is -3.01. The highest BCUT2D eigenvalue weighted by atomic mass is 32.2. The molecule has 0 fully saturated rings. The van der Waals surface area contributed by atoms with Crippen LogP contribution in [0.15, 0.2) is 41.3 Å². The molecule has 0 aromatic heterocycles. The van der Waals surface area contributed by atoms with Crippen LogP contribution >= 0.6 is 0 Å². The molecule has 0 saturated heterocycles. The number of nitro groups is 1. The summed E-state index contributed by atoms with van der Waals surface area (Å²) in [5.74, 6) is 0.803. The highest BCUT2D eigenvalue weighted by Crippen LogP contribution is 2.36. The minimum Gasteiger partial charge on any atom is -0.495 e. The van der Waals surface area contributed by atoms with Crippen molar-refractivity contribution in [3.05, 3.63) is 46.5 Å². The van der Waals surface area contributed by atoms with Crippen molar-refractivity contribution in [1.82, 2.24) is 0 Å². The van der Waals surface area contributed by atoms with E-state index in [1.54, 1.807) is 0 Å². The minimum atomic E-state index is -4.03. The van der Waals surface area contributed by atoms with E-state index >= 15 is 0 Å². The average Bonchev–Trinajstić information content (AvgIpc) is 2.65. The van der Waals surface area contributed by atoms with Crippen LogP contribution in [0.25, 0.3) is 0 Å². The summed E-state index contributed by atoms with van der Waals surface area (Å²) in [6.45, 7) is 0. The molecule has 0 heterocycles. The van der Waals surface area contributed by atoms with Gasteiger partial charge in [0.25, 0.3) is 15.7 Å². The Morgan fingerprint density at radius 3 is 2.04 bits per heavy atom. The zero-order valence-corrected chi connectivity index (χ0v) is 15.4. The fourth-order valence-electron chi connectivity index (χ4n) is 2.30. The fourth-order valence-corrected chi connectivity index (χ4v) is 3.52. The van der Waals surface area contributed by atoms with Crippen LogP contribution in [0.1, 0.15) is 0 Å². The Bertz CT molecular complexity index is 928. The molecule has 0 amide bonds. The number of anilines is 1. The van der Waals surface area contributed by atoms with Gasteiger partial charge in [-0.05, 0) is 18.2 Å². The van der Waals surface area contributed by atoms with Crippen molar-refractivity contribution >= 4 is 21.4 Å². The van der Waals surface area contributed by atoms with E-state index in [9.17, 15) is 18.5 Å². The van der Waals surface area contributed by atoms with Crippen molar-refractivity contribution in [3.63, 3.8) is 0 Å². The molecule has 9 nitrogen and oxygen atoms in total. The topological polar surface area (TPSA) is 108 Å². The van der Waals surface area contributed by atoms with Gasteiger partial charge in [0.05, 0.1) is 31.1 Å². The molecule has 10 heteroatoms. The predicted octanol–water partition coefficient (Wildman–Crippen LogP) is 2.45. The van der Waals surface area contributed by atoms with Gasteiger partial charge in [-0.1, -0.05) is 0 Å². The van der Waals surface area contributed by atoms with Gasteiger partial charge >= 0.3 is 0 Å². The van der Waals surface area contributed by atoms with E-state index in [4.69, 9.17) is 14.2 Å². The van der Waals surface area contributed by atoms with E-state index in [1.807, 2.05) is 0 Å². The number of sulfonamides is 1. The molecular formula is C16H18N2O7S. The number of methoxy groups -OCH3 is 3. The lowest BCUT2D eigenvalue weighted by atomic mass is 10.2. The van der Waals surface area contributed by atoms with E-state index in [1.165, 1.54) is 58.7 Å². The highest BCUT2D eigenvalue weighted by molar-refractivity contribution is 7.92. The maximum absolute atomic E-state index is 13.0. The molecule has 0 radical (unpaired) electrons. The van der Waals surface area contributed by atoms with Crippen molar-refractivity contribution in [2.75, 3.05) is 32.7 Å². The maximum Gasteiger partial charge on any atom is 0.271 e. The quantitative estimate of drug-likeness (QED) is 0.534. The van der Waals surface area contributed by atoms with Crippen LogP contribution in [0.4, 0.5) is 11.4 Å². The summed E-state index contributed by atoms with van der Waals surface area (Å²) in [6.07, 6.45) is 0. The van der Waals surface area contributed by atoms with E-state index in [0.29, 0.717) is 5.75 Å². The number of rotatable bonds is 7. The molecule has 0 N–H and O–H groups in total. The summed E-state index contributed by atoms with van der Waals surface area (Å²) in [4.78, 5) is 10.3. The average molecular weight is 382 g/mol. The molecule has 0 aliphatic heterocycles. The number of benzene rings is 2. The first-order chi connectivity index (χ1) is 12.3. The van der Waals surface area contributed by atoms with Gasteiger partial charge < -0.3 is 14.2 Å². The number of nitro benzene ring substituents is 1. The van der Waals surface area contributed by atoms with Crippen LogP contribution in [0.5, 0.6) is 17.2 Å². The number of hydrogen-bond donors (Lipinski definition) is 0. The number of ether oxygens (including phenoxy) is 3. The Kier molecular flexibility index (Phi) is 5.56. The molecule has 0 saturated carbocycles. The predicted molar refractivity (Wildman–Crippen MR) is 94.8 cm³/mol. The Labute approximate surface area is 150 Å². The molecule has 26 heavy (non-hydrogen) atoms. The maximum atomic E-state index is 13.0. The van der Waals surface area contributed by atoms with Crippen molar-refractivity contribution in [2.45, 2.75) is 4.90 Å².